The van der Waals surface area contributed by atoms with Crippen molar-refractivity contribution in [1.29, 1.82) is 0 Å². The average Bonchev–Trinajstić information content (AvgIpc) is 2.38. The van der Waals surface area contributed by atoms with Crippen molar-refractivity contribution in [3.63, 3.8) is 0 Å². The number of alkyl halides is 1. The van der Waals surface area contributed by atoms with Gasteiger partial charge in [-0.3, -0.25) is 4.98 Å². The molecule has 2 aromatic rings. The van der Waals surface area contributed by atoms with Crippen LogP contribution in [-0.4, -0.2) is 12.1 Å². The van der Waals surface area contributed by atoms with E-state index in [2.05, 4.69) is 27.0 Å². The molecule has 0 spiro atoms. The number of aryl methyl sites for hydroxylation is 1. The fourth-order valence-electron chi connectivity index (χ4n) is 1.74. The molecule has 0 N–H and O–H groups in total. The van der Waals surface area contributed by atoms with Gasteiger partial charge in [-0.25, -0.2) is 0 Å². The van der Waals surface area contributed by atoms with Crippen LogP contribution >= 0.6 is 15.9 Å². The molecule has 0 aliphatic rings. The Bertz CT molecular complexity index is 525. The molecule has 0 unspecified atom stereocenters. The number of methoxy groups -OCH3 is 1. The lowest BCUT2D eigenvalue weighted by atomic mass is 10.1. The van der Waals surface area contributed by atoms with Gasteiger partial charge in [-0.15, -0.1) is 0 Å². The number of ether oxygens (including phenoxy) is 1. The van der Waals surface area contributed by atoms with E-state index in [-0.39, 0.29) is 0 Å². The Morgan fingerprint density at radius 2 is 1.94 bits per heavy atom. The predicted molar refractivity (Wildman–Crippen MR) is 73.6 cm³/mol. The van der Waals surface area contributed by atoms with Crippen LogP contribution in [0.3, 0.4) is 0 Å². The van der Waals surface area contributed by atoms with Crippen LogP contribution in [-0.2, 0) is 5.33 Å². The van der Waals surface area contributed by atoms with Gasteiger partial charge < -0.3 is 4.74 Å². The van der Waals surface area contributed by atoms with E-state index in [1.54, 1.807) is 7.11 Å². The van der Waals surface area contributed by atoms with Gasteiger partial charge in [0.2, 0.25) is 0 Å². The highest BCUT2D eigenvalue weighted by molar-refractivity contribution is 9.08. The highest BCUT2D eigenvalue weighted by atomic mass is 79.9. The average molecular weight is 292 g/mol. The van der Waals surface area contributed by atoms with Crippen molar-refractivity contribution < 1.29 is 4.74 Å². The number of aromatic nitrogens is 1. The molecule has 0 aliphatic heterocycles. The van der Waals surface area contributed by atoms with Gasteiger partial charge in [0.1, 0.15) is 5.75 Å². The van der Waals surface area contributed by atoms with Crippen molar-refractivity contribution in [2.75, 3.05) is 7.11 Å². The number of nitrogens with zero attached hydrogens (tertiary/aromatic N) is 1. The number of hydrogen-bond acceptors (Lipinski definition) is 2. The first-order valence-corrected chi connectivity index (χ1v) is 6.54. The van der Waals surface area contributed by atoms with Crippen molar-refractivity contribution in [2.24, 2.45) is 0 Å². The van der Waals surface area contributed by atoms with Crippen molar-refractivity contribution in [2.45, 2.75) is 12.3 Å². The summed E-state index contributed by atoms with van der Waals surface area (Å²) in [6, 6.07) is 12.1. The molecule has 17 heavy (non-hydrogen) atoms. The summed E-state index contributed by atoms with van der Waals surface area (Å²) in [5, 5.41) is 0.831. The molecule has 0 fully saturated rings. The molecule has 0 saturated carbocycles. The molecule has 0 bridgehead atoms. The van der Waals surface area contributed by atoms with E-state index in [1.807, 2.05) is 37.3 Å². The Hall–Kier alpha value is -1.35. The van der Waals surface area contributed by atoms with Crippen LogP contribution in [0.25, 0.3) is 11.3 Å². The topological polar surface area (TPSA) is 22.1 Å². The number of benzene rings is 1. The van der Waals surface area contributed by atoms with Crippen LogP contribution < -0.4 is 4.74 Å². The van der Waals surface area contributed by atoms with E-state index < -0.39 is 0 Å². The summed E-state index contributed by atoms with van der Waals surface area (Å²) in [4.78, 5) is 4.61. The van der Waals surface area contributed by atoms with E-state index in [0.29, 0.717) is 0 Å². The predicted octanol–water partition coefficient (Wildman–Crippen LogP) is 3.96. The monoisotopic (exact) mass is 291 g/mol. The molecule has 2 rings (SSSR count). The van der Waals surface area contributed by atoms with E-state index in [4.69, 9.17) is 4.74 Å². The minimum atomic E-state index is 0.831. The van der Waals surface area contributed by atoms with Gasteiger partial charge in [-0.2, -0.15) is 0 Å². The van der Waals surface area contributed by atoms with E-state index >= 15 is 0 Å². The van der Waals surface area contributed by atoms with Crippen molar-refractivity contribution in [3.05, 3.63) is 47.7 Å². The Labute approximate surface area is 110 Å². The molecule has 0 aliphatic carbocycles. The number of hydrogen-bond donors (Lipinski definition) is 0. The smallest absolute Gasteiger partial charge is 0.128 e. The number of halogens is 1. The van der Waals surface area contributed by atoms with Crippen molar-refractivity contribution in [1.82, 2.24) is 4.98 Å². The minimum Gasteiger partial charge on any atom is -0.496 e. The van der Waals surface area contributed by atoms with Gasteiger partial charge in [-0.1, -0.05) is 34.1 Å². The maximum absolute atomic E-state index is 5.35. The Morgan fingerprint density at radius 3 is 2.59 bits per heavy atom. The third-order valence-corrected chi connectivity index (χ3v) is 3.33. The molecule has 1 aromatic carbocycles. The zero-order valence-electron chi connectivity index (χ0n) is 9.90. The first-order valence-electron chi connectivity index (χ1n) is 5.42. The maximum atomic E-state index is 5.35. The first-order chi connectivity index (χ1) is 8.26. The summed E-state index contributed by atoms with van der Waals surface area (Å²) < 4.78 is 5.35. The third-order valence-electron chi connectivity index (χ3n) is 2.72. The molecule has 0 atom stereocenters. The molecular weight excluding hydrogens is 278 g/mol. The van der Waals surface area contributed by atoms with Crippen molar-refractivity contribution >= 4 is 15.9 Å². The van der Waals surface area contributed by atoms with Crippen LogP contribution in [0.4, 0.5) is 0 Å². The second kappa shape index (κ2) is 5.32. The third kappa shape index (κ3) is 2.50. The van der Waals surface area contributed by atoms with Crippen LogP contribution in [0.5, 0.6) is 5.75 Å². The standard InChI is InChI=1S/C14H14BrNO/c1-10-11(9-15)7-8-13(16-10)12-5-3-4-6-14(12)17-2/h3-8H,9H2,1-2H3. The molecule has 0 radical (unpaired) electrons. The molecular formula is C14H14BrNO. The second-order valence-corrected chi connectivity index (χ2v) is 4.34. The first kappa shape index (κ1) is 12.1. The van der Waals surface area contributed by atoms with Gasteiger partial charge in [0.15, 0.2) is 0 Å². The van der Waals surface area contributed by atoms with E-state index in [9.17, 15) is 0 Å². The molecule has 88 valence electrons. The van der Waals surface area contributed by atoms with Gasteiger partial charge in [0.25, 0.3) is 0 Å². The highest BCUT2D eigenvalue weighted by Crippen LogP contribution is 2.28. The van der Waals surface area contributed by atoms with Crippen molar-refractivity contribution in [3.8, 4) is 17.0 Å². The number of pyridine rings is 1. The second-order valence-electron chi connectivity index (χ2n) is 3.77. The zero-order valence-corrected chi connectivity index (χ0v) is 11.5. The van der Waals surface area contributed by atoms with Gasteiger partial charge >= 0.3 is 0 Å². The molecule has 0 saturated heterocycles. The molecule has 3 heteroatoms. The van der Waals surface area contributed by atoms with E-state index in [0.717, 1.165) is 28.0 Å². The summed E-state index contributed by atoms with van der Waals surface area (Å²) in [6.45, 7) is 2.02. The van der Waals surface area contributed by atoms with Crippen LogP contribution in [0.1, 0.15) is 11.3 Å². The molecule has 1 aromatic heterocycles. The molecule has 2 nitrogen and oxygen atoms in total. The van der Waals surface area contributed by atoms with Crippen LogP contribution in [0, 0.1) is 6.92 Å². The Balaban J connectivity index is 2.49. The zero-order chi connectivity index (χ0) is 12.3. The molecule has 0 amide bonds. The fourth-order valence-corrected chi connectivity index (χ4v) is 2.33. The summed E-state index contributed by atoms with van der Waals surface area (Å²) in [5.41, 5.74) is 4.23. The number of rotatable bonds is 3. The van der Waals surface area contributed by atoms with Gasteiger partial charge in [-0.05, 0) is 30.7 Å². The summed E-state index contributed by atoms with van der Waals surface area (Å²) in [7, 11) is 1.68. The van der Waals surface area contributed by atoms with Gasteiger partial charge in [0.05, 0.1) is 12.8 Å². The van der Waals surface area contributed by atoms with Crippen LogP contribution in [0.15, 0.2) is 36.4 Å². The lowest BCUT2D eigenvalue weighted by molar-refractivity contribution is 0.416. The fraction of sp³-hybridized carbons (Fsp3) is 0.214. The molecule has 1 heterocycles. The minimum absolute atomic E-state index is 0.831. The summed E-state index contributed by atoms with van der Waals surface area (Å²) in [6.07, 6.45) is 0. The lowest BCUT2D eigenvalue weighted by Gasteiger charge is -2.09. The van der Waals surface area contributed by atoms with E-state index in [1.165, 1.54) is 5.56 Å². The largest absolute Gasteiger partial charge is 0.496 e. The highest BCUT2D eigenvalue weighted by Gasteiger charge is 2.07. The lowest BCUT2D eigenvalue weighted by Crippen LogP contribution is -1.94. The van der Waals surface area contributed by atoms with Crippen LogP contribution in [0.2, 0.25) is 0 Å². The van der Waals surface area contributed by atoms with Gasteiger partial charge in [0, 0.05) is 16.6 Å². The Kier molecular flexibility index (Phi) is 3.79. The normalized spacial score (nSPS) is 10.3. The number of para-hydroxylation sites is 1. The summed E-state index contributed by atoms with van der Waals surface area (Å²) in [5.74, 6) is 0.853. The Morgan fingerprint density at radius 1 is 1.18 bits per heavy atom. The quantitative estimate of drug-likeness (QED) is 0.799. The maximum Gasteiger partial charge on any atom is 0.128 e. The summed E-state index contributed by atoms with van der Waals surface area (Å²) >= 11 is 3.45. The SMILES string of the molecule is COc1ccccc1-c1ccc(CBr)c(C)n1.